The molecule has 2 amide bonds. The molecule has 0 spiro atoms. The molecule has 32 heavy (non-hydrogen) atoms. The lowest BCUT2D eigenvalue weighted by Crippen LogP contribution is -2.70. The van der Waals surface area contributed by atoms with Gasteiger partial charge in [0.1, 0.15) is 29.1 Å². The van der Waals surface area contributed by atoms with Gasteiger partial charge in [0.25, 0.3) is 5.91 Å². The van der Waals surface area contributed by atoms with Crippen LogP contribution in [0.15, 0.2) is 36.4 Å². The predicted molar refractivity (Wildman–Crippen MR) is 111 cm³/mol. The summed E-state index contributed by atoms with van der Waals surface area (Å²) in [7, 11) is 0. The van der Waals surface area contributed by atoms with E-state index in [2.05, 4.69) is 5.32 Å². The van der Waals surface area contributed by atoms with E-state index >= 15 is 0 Å². The topological polar surface area (TPSA) is 124 Å². The summed E-state index contributed by atoms with van der Waals surface area (Å²) in [5, 5.41) is 13.6. The molecular formula is C22H24F2N4O4. The van der Waals surface area contributed by atoms with E-state index in [-0.39, 0.29) is 12.5 Å². The van der Waals surface area contributed by atoms with Crippen molar-refractivity contribution in [3.63, 3.8) is 0 Å². The van der Waals surface area contributed by atoms with E-state index in [0.717, 1.165) is 12.1 Å². The van der Waals surface area contributed by atoms with E-state index in [4.69, 9.17) is 10.5 Å². The maximum absolute atomic E-state index is 14.1. The van der Waals surface area contributed by atoms with Gasteiger partial charge in [-0.25, -0.2) is 8.78 Å². The van der Waals surface area contributed by atoms with Gasteiger partial charge < -0.3 is 31.4 Å². The van der Waals surface area contributed by atoms with E-state index in [1.165, 1.54) is 17.0 Å². The van der Waals surface area contributed by atoms with Crippen LogP contribution in [0.25, 0.3) is 0 Å². The second kappa shape index (κ2) is 9.29. The van der Waals surface area contributed by atoms with Crippen LogP contribution in [0.5, 0.6) is 0 Å². The quantitative estimate of drug-likeness (QED) is 0.474. The zero-order valence-corrected chi connectivity index (χ0v) is 17.2. The van der Waals surface area contributed by atoms with Gasteiger partial charge in [-0.15, -0.1) is 0 Å². The molecule has 5 N–H and O–H groups in total. The summed E-state index contributed by atoms with van der Waals surface area (Å²) in [6.45, 7) is 1.11. The molecule has 0 saturated carbocycles. The standard InChI is InChI=1S/C22H24F2N4O4/c23-16-2-1-3-17(24)19(16)26-21(29)20-15-10-14(27-31)5-4-13(15)11-28(20)22(30)18(25)12-6-8-32-9-7-12/h1-5,10,12,18,20H,6-9,11,25,27H2,(H,26,29)/t18-,20-/m0/s1. The second-order valence-corrected chi connectivity index (χ2v) is 8.01. The first-order valence-electron chi connectivity index (χ1n) is 10.4. The third kappa shape index (κ3) is 4.22. The van der Waals surface area contributed by atoms with Crippen molar-refractivity contribution >= 4 is 23.2 Å². The Bertz CT molecular complexity index is 1010. The predicted octanol–water partition coefficient (Wildman–Crippen LogP) is 1.43. The van der Waals surface area contributed by atoms with Gasteiger partial charge >= 0.3 is 0 Å². The summed E-state index contributed by atoms with van der Waals surface area (Å²) < 4.78 is 33.6. The third-order valence-corrected chi connectivity index (χ3v) is 6.05. The number of amides is 2. The van der Waals surface area contributed by atoms with Crippen LogP contribution >= 0.6 is 0 Å². The third-order valence-electron chi connectivity index (χ3n) is 6.05. The monoisotopic (exact) mass is 446 g/mol. The molecule has 0 bridgehead atoms. The highest BCUT2D eigenvalue weighted by Crippen LogP contribution is 2.37. The number of hydrogen-bond acceptors (Lipinski definition) is 5. The molecule has 4 rings (SSSR count). The van der Waals surface area contributed by atoms with Crippen molar-refractivity contribution < 1.29 is 28.6 Å². The van der Waals surface area contributed by atoms with Crippen molar-refractivity contribution in [2.75, 3.05) is 18.5 Å². The van der Waals surface area contributed by atoms with Gasteiger partial charge in [-0.1, -0.05) is 12.1 Å². The van der Waals surface area contributed by atoms with E-state index in [1.54, 1.807) is 12.1 Å². The molecule has 2 aromatic rings. The number of nitrogens with one attached hydrogen (secondary N) is 1. The van der Waals surface area contributed by atoms with Crippen LogP contribution in [0, 0.1) is 22.8 Å². The zero-order chi connectivity index (χ0) is 22.8. The number of halogens is 2. The molecule has 1 saturated heterocycles. The SMILES string of the molecule is N[C@H](C(=O)N1Cc2ccc([NH2+][O-])cc2[C@H]1C(=O)Nc1c(F)cccc1F)C1CCOCC1. The molecule has 2 aromatic carbocycles. The highest BCUT2D eigenvalue weighted by Gasteiger charge is 2.42. The summed E-state index contributed by atoms with van der Waals surface area (Å²) in [4.78, 5) is 27.9. The van der Waals surface area contributed by atoms with Crippen LogP contribution in [0.4, 0.5) is 20.2 Å². The van der Waals surface area contributed by atoms with Crippen molar-refractivity contribution in [1.82, 2.24) is 4.90 Å². The van der Waals surface area contributed by atoms with Crippen molar-refractivity contribution in [1.29, 1.82) is 0 Å². The van der Waals surface area contributed by atoms with Gasteiger partial charge in [0, 0.05) is 25.8 Å². The average Bonchev–Trinajstić information content (AvgIpc) is 3.19. The maximum Gasteiger partial charge on any atom is 0.252 e. The van der Waals surface area contributed by atoms with E-state index in [0.29, 0.717) is 48.3 Å². The van der Waals surface area contributed by atoms with Gasteiger partial charge in [0.05, 0.1) is 6.04 Å². The summed E-state index contributed by atoms with van der Waals surface area (Å²) in [6.07, 6.45) is 1.25. The second-order valence-electron chi connectivity index (χ2n) is 8.01. The first kappa shape index (κ1) is 22.3. The van der Waals surface area contributed by atoms with Gasteiger partial charge in [-0.2, -0.15) is 0 Å². The molecule has 8 nitrogen and oxygen atoms in total. The number of anilines is 1. The fourth-order valence-electron chi connectivity index (χ4n) is 4.29. The van der Waals surface area contributed by atoms with Gasteiger partial charge in [-0.3, -0.25) is 9.59 Å². The number of quaternary nitrogens is 1. The highest BCUT2D eigenvalue weighted by molar-refractivity contribution is 5.99. The van der Waals surface area contributed by atoms with E-state index in [9.17, 15) is 23.6 Å². The summed E-state index contributed by atoms with van der Waals surface area (Å²) in [5.74, 6) is -3.19. The number of carbonyl (C=O) groups is 2. The van der Waals surface area contributed by atoms with Crippen molar-refractivity contribution in [2.45, 2.75) is 31.5 Å². The summed E-state index contributed by atoms with van der Waals surface area (Å²) in [5.41, 5.74) is 7.71. The van der Waals surface area contributed by atoms with Gasteiger partial charge in [-0.05, 0) is 48.1 Å². The Hall–Kier alpha value is -2.92. The van der Waals surface area contributed by atoms with Crippen LogP contribution in [0.3, 0.4) is 0 Å². The smallest absolute Gasteiger partial charge is 0.252 e. The molecule has 10 heteroatoms. The van der Waals surface area contributed by atoms with Crippen LogP contribution in [0.1, 0.15) is 30.0 Å². The number of rotatable bonds is 5. The van der Waals surface area contributed by atoms with Crippen LogP contribution < -0.4 is 16.5 Å². The number of nitrogens with zero attached hydrogens (tertiary/aromatic N) is 1. The molecular weight excluding hydrogens is 422 g/mol. The van der Waals surface area contributed by atoms with Gasteiger partial charge in [0.2, 0.25) is 5.91 Å². The Labute approximate surface area is 183 Å². The average molecular weight is 446 g/mol. The van der Waals surface area contributed by atoms with Gasteiger partial charge in [0.15, 0.2) is 0 Å². The Morgan fingerprint density at radius 3 is 2.53 bits per heavy atom. The van der Waals surface area contributed by atoms with Crippen LogP contribution in [0.2, 0.25) is 0 Å². The Morgan fingerprint density at radius 2 is 1.88 bits per heavy atom. The first-order chi connectivity index (χ1) is 15.4. The summed E-state index contributed by atoms with van der Waals surface area (Å²) in [6, 6.07) is 5.97. The van der Waals surface area contributed by atoms with E-state index < -0.39 is 41.2 Å². The summed E-state index contributed by atoms with van der Waals surface area (Å²) >= 11 is 0. The molecule has 0 aliphatic carbocycles. The molecule has 170 valence electrons. The van der Waals surface area contributed by atoms with Crippen LogP contribution in [-0.4, -0.2) is 36.0 Å². The minimum atomic E-state index is -1.18. The Morgan fingerprint density at radius 1 is 1.19 bits per heavy atom. The number of benzene rings is 2. The van der Waals surface area contributed by atoms with Crippen LogP contribution in [-0.2, 0) is 20.9 Å². The fourth-order valence-corrected chi connectivity index (χ4v) is 4.29. The minimum Gasteiger partial charge on any atom is -0.630 e. The number of carbonyl (C=O) groups excluding carboxylic acids is 2. The first-order valence-corrected chi connectivity index (χ1v) is 10.4. The molecule has 2 heterocycles. The molecule has 2 aliphatic rings. The molecule has 0 radical (unpaired) electrons. The number of nitrogens with two attached hydrogens (primary N) is 2. The number of para-hydroxylation sites is 1. The Kier molecular flexibility index (Phi) is 6.47. The van der Waals surface area contributed by atoms with Crippen molar-refractivity contribution in [2.24, 2.45) is 11.7 Å². The number of ether oxygens (including phenoxy) is 1. The highest BCUT2D eigenvalue weighted by atomic mass is 19.1. The molecule has 2 atom stereocenters. The van der Waals surface area contributed by atoms with E-state index in [1.807, 2.05) is 0 Å². The molecule has 1 fully saturated rings. The number of hydrogen-bond donors (Lipinski definition) is 3. The fraction of sp³-hybridized carbons (Fsp3) is 0.364. The molecule has 0 unspecified atom stereocenters. The Balaban J connectivity index is 1.66. The maximum atomic E-state index is 14.1. The normalized spacial score (nSPS) is 19.5. The zero-order valence-electron chi connectivity index (χ0n) is 17.2. The lowest BCUT2D eigenvalue weighted by Gasteiger charge is -2.32. The van der Waals surface area contributed by atoms with Crippen molar-refractivity contribution in [3.05, 3.63) is 64.4 Å². The largest absolute Gasteiger partial charge is 0.630 e. The van der Waals surface area contributed by atoms with Crippen molar-refractivity contribution in [3.8, 4) is 0 Å². The minimum absolute atomic E-state index is 0.0989. The lowest BCUT2D eigenvalue weighted by molar-refractivity contribution is -0.497. The molecule has 2 aliphatic heterocycles. The molecule has 0 aromatic heterocycles. The number of fused-ring (bicyclic) bond motifs is 1. The lowest BCUT2D eigenvalue weighted by atomic mass is 9.91.